The van der Waals surface area contributed by atoms with Gasteiger partial charge >= 0.3 is 6.03 Å². The van der Waals surface area contributed by atoms with E-state index in [1.807, 2.05) is 13.8 Å². The number of carbonyl (C=O) groups is 2. The molecule has 0 aromatic carbocycles. The first-order chi connectivity index (χ1) is 6.96. The number of carbonyl (C=O) groups excluding carboxylic acids is 2. The summed E-state index contributed by atoms with van der Waals surface area (Å²) < 4.78 is 4.99. The van der Waals surface area contributed by atoms with Gasteiger partial charge < -0.3 is 10.1 Å². The van der Waals surface area contributed by atoms with E-state index in [-0.39, 0.29) is 23.9 Å². The second-order valence-corrected chi connectivity index (χ2v) is 4.55. The van der Waals surface area contributed by atoms with Crippen LogP contribution in [-0.4, -0.2) is 43.6 Å². The summed E-state index contributed by atoms with van der Waals surface area (Å²) in [6.07, 6.45) is 0.820. The molecule has 1 saturated heterocycles. The number of nitrogens with one attached hydrogen (secondary N) is 1. The molecule has 15 heavy (non-hydrogen) atoms. The van der Waals surface area contributed by atoms with Crippen molar-refractivity contribution in [3.63, 3.8) is 0 Å². The second kappa shape index (κ2) is 4.61. The first-order valence-corrected chi connectivity index (χ1v) is 5.03. The molecule has 86 valence electrons. The lowest BCUT2D eigenvalue weighted by Crippen LogP contribution is -2.39. The molecule has 0 saturated carbocycles. The molecule has 0 radical (unpaired) electrons. The smallest absolute Gasteiger partial charge is 0.324 e. The molecule has 1 rings (SSSR count). The number of rotatable bonds is 5. The van der Waals surface area contributed by atoms with Crippen LogP contribution >= 0.6 is 0 Å². The van der Waals surface area contributed by atoms with Crippen molar-refractivity contribution in [3.8, 4) is 0 Å². The zero-order valence-corrected chi connectivity index (χ0v) is 9.50. The number of hydrogen-bond acceptors (Lipinski definition) is 3. The Morgan fingerprint density at radius 2 is 2.13 bits per heavy atom. The van der Waals surface area contributed by atoms with E-state index >= 15 is 0 Å². The van der Waals surface area contributed by atoms with Crippen LogP contribution in [0.15, 0.2) is 0 Å². The van der Waals surface area contributed by atoms with Gasteiger partial charge in [0.1, 0.15) is 0 Å². The van der Waals surface area contributed by atoms with Crippen LogP contribution in [0.3, 0.4) is 0 Å². The molecule has 0 bridgehead atoms. The van der Waals surface area contributed by atoms with Gasteiger partial charge in [0.15, 0.2) is 0 Å². The number of nitrogens with zero attached hydrogens (tertiary/aromatic N) is 1. The standard InChI is InChI=1S/C10H18N2O3/c1-10(2,4-5-15-3)7-12-8(13)6-11-9(12)14/h4-7H2,1-3H3,(H,11,14). The third kappa shape index (κ3) is 3.20. The van der Waals surface area contributed by atoms with Gasteiger partial charge in [-0.1, -0.05) is 13.8 Å². The van der Waals surface area contributed by atoms with E-state index in [2.05, 4.69) is 5.32 Å². The van der Waals surface area contributed by atoms with Gasteiger partial charge in [0.05, 0.1) is 6.54 Å². The van der Waals surface area contributed by atoms with Gasteiger partial charge in [-0.3, -0.25) is 9.69 Å². The summed E-state index contributed by atoms with van der Waals surface area (Å²) in [6, 6.07) is -0.287. The summed E-state index contributed by atoms with van der Waals surface area (Å²) in [5, 5.41) is 2.50. The Hall–Kier alpha value is -1.10. The fraction of sp³-hybridized carbons (Fsp3) is 0.800. The van der Waals surface area contributed by atoms with Crippen molar-refractivity contribution >= 4 is 11.9 Å². The van der Waals surface area contributed by atoms with Crippen molar-refractivity contribution in [2.24, 2.45) is 5.41 Å². The molecule has 1 aliphatic heterocycles. The summed E-state index contributed by atoms with van der Waals surface area (Å²) in [7, 11) is 1.64. The SMILES string of the molecule is COCCC(C)(C)CN1C(=O)CNC1=O. The van der Waals surface area contributed by atoms with Crippen molar-refractivity contribution in [3.05, 3.63) is 0 Å². The minimum Gasteiger partial charge on any atom is -0.385 e. The maximum atomic E-state index is 11.3. The normalized spacial score (nSPS) is 17.1. The zero-order valence-electron chi connectivity index (χ0n) is 9.50. The average molecular weight is 214 g/mol. The lowest BCUT2D eigenvalue weighted by atomic mass is 9.89. The molecule has 0 aromatic rings. The van der Waals surface area contributed by atoms with E-state index in [4.69, 9.17) is 4.74 Å². The van der Waals surface area contributed by atoms with Gasteiger partial charge in [0.2, 0.25) is 5.91 Å². The number of ether oxygens (including phenoxy) is 1. The molecular formula is C10H18N2O3. The van der Waals surface area contributed by atoms with Gasteiger partial charge in [0, 0.05) is 20.3 Å². The minimum atomic E-state index is -0.287. The Labute approximate surface area is 89.8 Å². The van der Waals surface area contributed by atoms with E-state index < -0.39 is 0 Å². The molecule has 0 aromatic heterocycles. The highest BCUT2D eigenvalue weighted by Crippen LogP contribution is 2.22. The molecule has 1 heterocycles. The molecular weight excluding hydrogens is 196 g/mol. The van der Waals surface area contributed by atoms with Crippen LogP contribution in [-0.2, 0) is 9.53 Å². The Morgan fingerprint density at radius 1 is 1.47 bits per heavy atom. The van der Waals surface area contributed by atoms with E-state index in [0.29, 0.717) is 13.2 Å². The lowest BCUT2D eigenvalue weighted by Gasteiger charge is -2.28. The van der Waals surface area contributed by atoms with E-state index in [0.717, 1.165) is 6.42 Å². The highest BCUT2D eigenvalue weighted by molar-refractivity contribution is 6.01. The highest BCUT2D eigenvalue weighted by atomic mass is 16.5. The number of imide groups is 1. The molecule has 0 atom stereocenters. The summed E-state index contributed by atoms with van der Waals surface area (Å²) in [6.45, 7) is 5.24. The van der Waals surface area contributed by atoms with Gasteiger partial charge in [-0.05, 0) is 11.8 Å². The van der Waals surface area contributed by atoms with Gasteiger partial charge in [-0.25, -0.2) is 4.79 Å². The summed E-state index contributed by atoms with van der Waals surface area (Å²) >= 11 is 0. The van der Waals surface area contributed by atoms with Crippen molar-refractivity contribution in [1.82, 2.24) is 10.2 Å². The Balaban J connectivity index is 2.52. The molecule has 5 nitrogen and oxygen atoms in total. The van der Waals surface area contributed by atoms with Crippen LogP contribution in [0.25, 0.3) is 0 Å². The van der Waals surface area contributed by atoms with E-state index in [9.17, 15) is 9.59 Å². The van der Waals surface area contributed by atoms with Gasteiger partial charge in [-0.15, -0.1) is 0 Å². The predicted molar refractivity (Wildman–Crippen MR) is 55.4 cm³/mol. The van der Waals surface area contributed by atoms with Crippen LogP contribution in [0.4, 0.5) is 4.79 Å². The predicted octanol–water partition coefficient (Wildman–Crippen LogP) is 0.601. The lowest BCUT2D eigenvalue weighted by molar-refractivity contribution is -0.126. The molecule has 0 unspecified atom stereocenters. The number of amides is 3. The Kier molecular flexibility index (Phi) is 3.68. The summed E-state index contributed by atoms with van der Waals surface area (Å²) in [5.74, 6) is -0.148. The average Bonchev–Trinajstić information content (AvgIpc) is 2.46. The molecule has 1 aliphatic rings. The summed E-state index contributed by atoms with van der Waals surface area (Å²) in [4.78, 5) is 23.9. The van der Waals surface area contributed by atoms with Gasteiger partial charge in [0.25, 0.3) is 0 Å². The third-order valence-electron chi connectivity index (χ3n) is 2.51. The maximum absolute atomic E-state index is 11.3. The molecule has 3 amide bonds. The van der Waals surface area contributed by atoms with E-state index in [1.54, 1.807) is 7.11 Å². The number of methoxy groups -OCH3 is 1. The van der Waals surface area contributed by atoms with Crippen LogP contribution in [0, 0.1) is 5.41 Å². The van der Waals surface area contributed by atoms with Gasteiger partial charge in [-0.2, -0.15) is 0 Å². The number of urea groups is 1. The van der Waals surface area contributed by atoms with Crippen molar-refractivity contribution in [2.75, 3.05) is 26.8 Å². The maximum Gasteiger partial charge on any atom is 0.324 e. The summed E-state index contributed by atoms with van der Waals surface area (Å²) in [5.41, 5.74) is -0.104. The molecule has 5 heteroatoms. The topological polar surface area (TPSA) is 58.6 Å². The Bertz CT molecular complexity index is 247. The highest BCUT2D eigenvalue weighted by Gasteiger charge is 2.33. The number of hydrogen-bond donors (Lipinski definition) is 1. The van der Waals surface area contributed by atoms with Crippen molar-refractivity contribution in [1.29, 1.82) is 0 Å². The molecule has 1 N–H and O–H groups in total. The van der Waals surface area contributed by atoms with Crippen LogP contribution in [0.5, 0.6) is 0 Å². The van der Waals surface area contributed by atoms with Crippen LogP contribution in [0.1, 0.15) is 20.3 Å². The largest absolute Gasteiger partial charge is 0.385 e. The molecule has 0 spiro atoms. The van der Waals surface area contributed by atoms with Crippen molar-refractivity contribution in [2.45, 2.75) is 20.3 Å². The monoisotopic (exact) mass is 214 g/mol. The van der Waals surface area contributed by atoms with Crippen molar-refractivity contribution < 1.29 is 14.3 Å². The zero-order chi connectivity index (χ0) is 11.5. The van der Waals surface area contributed by atoms with Crippen LogP contribution in [0.2, 0.25) is 0 Å². The first-order valence-electron chi connectivity index (χ1n) is 5.03. The second-order valence-electron chi connectivity index (χ2n) is 4.55. The van der Waals surface area contributed by atoms with E-state index in [1.165, 1.54) is 4.90 Å². The minimum absolute atomic E-state index is 0.104. The molecule has 0 aliphatic carbocycles. The molecule has 1 fully saturated rings. The third-order valence-corrected chi connectivity index (χ3v) is 2.51. The fourth-order valence-corrected chi connectivity index (χ4v) is 1.50. The first kappa shape index (κ1) is 12.0. The Morgan fingerprint density at radius 3 is 2.60 bits per heavy atom. The quantitative estimate of drug-likeness (QED) is 0.682. The fourth-order valence-electron chi connectivity index (χ4n) is 1.50. The van der Waals surface area contributed by atoms with Crippen LogP contribution < -0.4 is 5.32 Å².